The number of carbonyl (C=O) groups excluding carboxylic acids is 3. The molecular formula is C19H23F5N2O5. The van der Waals surface area contributed by atoms with E-state index >= 15 is 0 Å². The van der Waals surface area contributed by atoms with Crippen molar-refractivity contribution in [2.24, 2.45) is 0 Å². The third-order valence-electron chi connectivity index (χ3n) is 3.61. The summed E-state index contributed by atoms with van der Waals surface area (Å²) in [4.78, 5) is 36.4. The molecule has 0 fully saturated rings. The second kappa shape index (κ2) is 10.9. The zero-order valence-corrected chi connectivity index (χ0v) is 17.4. The fourth-order valence-electron chi connectivity index (χ4n) is 2.34. The van der Waals surface area contributed by atoms with Crippen LogP contribution in [0.25, 0.3) is 0 Å². The highest BCUT2D eigenvalue weighted by Gasteiger charge is 2.33. The lowest BCUT2D eigenvalue weighted by Crippen LogP contribution is -2.40. The number of benzene rings is 1. The number of carbonyl (C=O) groups is 3. The number of hydrogen-bond donors (Lipinski definition) is 1. The number of alkyl carbamates (subject to hydrolysis) is 1. The molecule has 0 saturated heterocycles. The van der Waals surface area contributed by atoms with Gasteiger partial charge in [0, 0.05) is 13.1 Å². The van der Waals surface area contributed by atoms with E-state index in [4.69, 9.17) is 4.74 Å². The Bertz CT molecular complexity index is 813. The van der Waals surface area contributed by atoms with Crippen molar-refractivity contribution in [2.75, 3.05) is 26.2 Å². The van der Waals surface area contributed by atoms with E-state index in [0.29, 0.717) is 4.90 Å². The van der Waals surface area contributed by atoms with Crippen LogP contribution in [0.3, 0.4) is 0 Å². The van der Waals surface area contributed by atoms with Crippen LogP contribution in [0.1, 0.15) is 44.5 Å². The summed E-state index contributed by atoms with van der Waals surface area (Å²) in [7, 11) is 0. The Morgan fingerprint density at radius 1 is 0.935 bits per heavy atom. The molecule has 1 N–H and O–H groups in total. The number of halogens is 5. The van der Waals surface area contributed by atoms with E-state index < -0.39 is 64.8 Å². The first-order valence-corrected chi connectivity index (χ1v) is 9.23. The van der Waals surface area contributed by atoms with E-state index in [1.54, 1.807) is 20.8 Å². The van der Waals surface area contributed by atoms with E-state index in [1.165, 1.54) is 6.92 Å². The molecule has 0 saturated carbocycles. The van der Waals surface area contributed by atoms with E-state index in [0.717, 1.165) is 0 Å². The molecule has 1 aromatic carbocycles. The van der Waals surface area contributed by atoms with Gasteiger partial charge in [-0.1, -0.05) is 0 Å². The lowest BCUT2D eigenvalue weighted by atomic mass is 10.1. The van der Waals surface area contributed by atoms with Crippen LogP contribution < -0.4 is 5.32 Å². The van der Waals surface area contributed by atoms with Gasteiger partial charge in [-0.15, -0.1) is 0 Å². The van der Waals surface area contributed by atoms with Crippen LogP contribution in [-0.4, -0.2) is 54.7 Å². The first kappa shape index (κ1) is 26.1. The predicted molar refractivity (Wildman–Crippen MR) is 97.6 cm³/mol. The molecule has 0 aliphatic carbocycles. The third-order valence-corrected chi connectivity index (χ3v) is 3.61. The maximum Gasteiger partial charge on any atom is 0.407 e. The van der Waals surface area contributed by atoms with Gasteiger partial charge in [-0.25, -0.2) is 26.7 Å². The van der Waals surface area contributed by atoms with Gasteiger partial charge in [0.25, 0.3) is 5.91 Å². The maximum absolute atomic E-state index is 14.0. The van der Waals surface area contributed by atoms with Gasteiger partial charge in [-0.3, -0.25) is 9.59 Å². The molecule has 1 rings (SSSR count). The molecule has 0 aliphatic rings. The monoisotopic (exact) mass is 454 g/mol. The summed E-state index contributed by atoms with van der Waals surface area (Å²) in [5, 5.41) is 2.37. The van der Waals surface area contributed by atoms with Crippen molar-refractivity contribution in [1.29, 1.82) is 0 Å². The zero-order valence-electron chi connectivity index (χ0n) is 17.4. The molecular weight excluding hydrogens is 431 g/mol. The Morgan fingerprint density at radius 2 is 1.45 bits per heavy atom. The van der Waals surface area contributed by atoms with Crippen LogP contribution in [0.5, 0.6) is 0 Å². The maximum atomic E-state index is 14.0. The second-order valence-electron chi connectivity index (χ2n) is 7.26. The van der Waals surface area contributed by atoms with E-state index in [1.807, 2.05) is 0 Å². The first-order chi connectivity index (χ1) is 14.3. The van der Waals surface area contributed by atoms with Gasteiger partial charge in [0.05, 0.1) is 6.61 Å². The normalized spacial score (nSPS) is 11.1. The SMILES string of the molecule is CCOC(=O)CN(CCCNC(=O)OC(C)(C)C)C(=O)c1c(F)c(F)c(F)c(F)c1F. The van der Waals surface area contributed by atoms with Gasteiger partial charge in [0.2, 0.25) is 5.82 Å². The molecule has 0 aromatic heterocycles. The second-order valence-corrected chi connectivity index (χ2v) is 7.26. The van der Waals surface area contributed by atoms with Crippen LogP contribution >= 0.6 is 0 Å². The Kier molecular flexibility index (Phi) is 9.19. The van der Waals surface area contributed by atoms with Gasteiger partial charge in [0.15, 0.2) is 23.3 Å². The third kappa shape index (κ3) is 7.37. The molecule has 0 spiro atoms. The van der Waals surface area contributed by atoms with Crippen molar-refractivity contribution in [1.82, 2.24) is 10.2 Å². The Hall–Kier alpha value is -2.92. The summed E-state index contributed by atoms with van der Waals surface area (Å²) in [5.74, 6) is -14.2. The highest BCUT2D eigenvalue weighted by Crippen LogP contribution is 2.24. The summed E-state index contributed by atoms with van der Waals surface area (Å²) in [6.45, 7) is 5.07. The first-order valence-electron chi connectivity index (χ1n) is 9.23. The van der Waals surface area contributed by atoms with Gasteiger partial charge in [-0.2, -0.15) is 0 Å². The van der Waals surface area contributed by atoms with Crippen molar-refractivity contribution >= 4 is 18.0 Å². The van der Waals surface area contributed by atoms with E-state index in [-0.39, 0.29) is 26.1 Å². The highest BCUT2D eigenvalue weighted by molar-refractivity contribution is 5.96. The minimum absolute atomic E-state index is 0.0280. The van der Waals surface area contributed by atoms with Crippen LogP contribution in [0.15, 0.2) is 0 Å². The Morgan fingerprint density at radius 3 is 1.94 bits per heavy atom. The number of amides is 2. The zero-order chi connectivity index (χ0) is 23.9. The van der Waals surface area contributed by atoms with Crippen molar-refractivity contribution < 1.29 is 45.8 Å². The smallest absolute Gasteiger partial charge is 0.407 e. The lowest BCUT2D eigenvalue weighted by molar-refractivity contribution is -0.143. The quantitative estimate of drug-likeness (QED) is 0.214. The minimum Gasteiger partial charge on any atom is -0.465 e. The van der Waals surface area contributed by atoms with Crippen molar-refractivity contribution in [3.8, 4) is 0 Å². The fourth-order valence-corrected chi connectivity index (χ4v) is 2.34. The largest absolute Gasteiger partial charge is 0.465 e. The standard InChI is InChI=1S/C19H23F5N2O5/c1-5-30-10(27)9-26(8-6-7-25-18(29)31-19(2,3)4)17(28)11-12(20)14(22)16(24)15(23)13(11)21/h5-9H2,1-4H3,(H,25,29). The minimum atomic E-state index is -2.41. The van der Waals surface area contributed by atoms with Crippen molar-refractivity contribution in [2.45, 2.75) is 39.7 Å². The number of esters is 1. The summed E-state index contributed by atoms with van der Waals surface area (Å²) in [5.41, 5.74) is -2.46. The molecule has 7 nitrogen and oxygen atoms in total. The number of rotatable bonds is 8. The molecule has 0 unspecified atom stereocenters. The molecule has 0 aliphatic heterocycles. The Balaban J connectivity index is 3.00. The molecule has 0 bridgehead atoms. The summed E-state index contributed by atoms with van der Waals surface area (Å²) >= 11 is 0. The molecule has 174 valence electrons. The topological polar surface area (TPSA) is 84.9 Å². The van der Waals surface area contributed by atoms with Crippen LogP contribution in [0, 0.1) is 29.1 Å². The predicted octanol–water partition coefficient (Wildman–Crippen LogP) is 3.30. The molecule has 0 heterocycles. The number of nitrogens with one attached hydrogen (secondary N) is 1. The van der Waals surface area contributed by atoms with Crippen molar-refractivity contribution in [3.05, 3.63) is 34.6 Å². The van der Waals surface area contributed by atoms with Gasteiger partial charge < -0.3 is 19.7 Å². The van der Waals surface area contributed by atoms with E-state index in [2.05, 4.69) is 10.1 Å². The number of ether oxygens (including phenoxy) is 2. The van der Waals surface area contributed by atoms with Crippen LogP contribution in [0.4, 0.5) is 26.7 Å². The summed E-state index contributed by atoms with van der Waals surface area (Å²) in [6, 6.07) is 0. The van der Waals surface area contributed by atoms with Crippen LogP contribution in [-0.2, 0) is 14.3 Å². The molecule has 0 radical (unpaired) electrons. The van der Waals surface area contributed by atoms with Gasteiger partial charge in [0.1, 0.15) is 17.7 Å². The van der Waals surface area contributed by atoms with Crippen molar-refractivity contribution in [3.63, 3.8) is 0 Å². The molecule has 0 atom stereocenters. The Labute approximate surface area is 175 Å². The molecule has 1 aromatic rings. The van der Waals surface area contributed by atoms with Crippen LogP contribution in [0.2, 0.25) is 0 Å². The molecule has 31 heavy (non-hydrogen) atoms. The lowest BCUT2D eigenvalue weighted by Gasteiger charge is -2.23. The highest BCUT2D eigenvalue weighted by atomic mass is 19.2. The molecule has 2 amide bonds. The number of hydrogen-bond acceptors (Lipinski definition) is 5. The average molecular weight is 454 g/mol. The van der Waals surface area contributed by atoms with E-state index in [9.17, 15) is 36.3 Å². The summed E-state index contributed by atoms with van der Waals surface area (Å²) in [6.07, 6.45) is -0.796. The fraction of sp³-hybridized carbons (Fsp3) is 0.526. The molecule has 12 heteroatoms. The average Bonchev–Trinajstić information content (AvgIpc) is 2.66. The summed E-state index contributed by atoms with van der Waals surface area (Å²) < 4.78 is 77.8. The van der Waals surface area contributed by atoms with Gasteiger partial charge >= 0.3 is 12.1 Å². The number of nitrogens with zero attached hydrogens (tertiary/aromatic N) is 1. The van der Waals surface area contributed by atoms with Gasteiger partial charge in [-0.05, 0) is 34.1 Å².